The number of rotatable bonds is 8. The predicted molar refractivity (Wildman–Crippen MR) is 140 cm³/mol. The molecule has 0 bridgehead atoms. The number of benzene rings is 3. The number of nitrogens with zero attached hydrogens (tertiary/aromatic N) is 1. The van der Waals surface area contributed by atoms with Crippen molar-refractivity contribution in [3.8, 4) is 0 Å². The number of halogens is 3. The Morgan fingerprint density at radius 3 is 2.34 bits per heavy atom. The molecule has 3 aromatic carbocycles. The molecule has 0 aliphatic carbocycles. The largest absolute Gasteiger partial charge is 0.416 e. The number of aromatic nitrogens is 1. The number of amides is 3. The summed E-state index contributed by atoms with van der Waals surface area (Å²) in [6.07, 6.45) is -2.97. The van der Waals surface area contributed by atoms with Crippen LogP contribution in [0.5, 0.6) is 0 Å². The van der Waals surface area contributed by atoms with Crippen molar-refractivity contribution in [3.05, 3.63) is 119 Å². The molecule has 0 saturated carbocycles. The second-order valence-corrected chi connectivity index (χ2v) is 8.24. The zero-order valence-corrected chi connectivity index (χ0v) is 20.0. The van der Waals surface area contributed by atoms with Gasteiger partial charge in [0.2, 0.25) is 0 Å². The smallest absolute Gasteiger partial charge is 0.380 e. The van der Waals surface area contributed by atoms with Crippen molar-refractivity contribution in [2.45, 2.75) is 19.3 Å². The number of alkyl halides is 3. The SMILES string of the molecule is O=C(NCc1ccccc1)Nc1ncccc1CNc1ccccc1C(=O)Nc1cccc(C(F)(F)F)c1. The molecule has 4 N–H and O–H groups in total. The van der Waals surface area contributed by atoms with E-state index in [2.05, 4.69) is 26.3 Å². The Balaban J connectivity index is 1.41. The lowest BCUT2D eigenvalue weighted by atomic mass is 10.1. The number of pyridine rings is 1. The number of carbonyl (C=O) groups excluding carboxylic acids is 2. The van der Waals surface area contributed by atoms with E-state index in [1.54, 1.807) is 42.6 Å². The van der Waals surface area contributed by atoms with Crippen LogP contribution >= 0.6 is 0 Å². The van der Waals surface area contributed by atoms with Crippen LogP contribution in [0, 0.1) is 0 Å². The second-order valence-electron chi connectivity index (χ2n) is 8.24. The van der Waals surface area contributed by atoms with Crippen molar-refractivity contribution in [1.29, 1.82) is 0 Å². The molecule has 1 aromatic heterocycles. The summed E-state index contributed by atoms with van der Waals surface area (Å²) in [5, 5.41) is 11.2. The highest BCUT2D eigenvalue weighted by atomic mass is 19.4. The average Bonchev–Trinajstić information content (AvgIpc) is 2.92. The van der Waals surface area contributed by atoms with Gasteiger partial charge in [0.25, 0.3) is 5.91 Å². The topological polar surface area (TPSA) is 95.2 Å². The summed E-state index contributed by atoms with van der Waals surface area (Å²) in [7, 11) is 0. The molecule has 0 saturated heterocycles. The van der Waals surface area contributed by atoms with Gasteiger partial charge in [0.05, 0.1) is 11.1 Å². The van der Waals surface area contributed by atoms with Crippen molar-refractivity contribution < 1.29 is 22.8 Å². The van der Waals surface area contributed by atoms with E-state index in [4.69, 9.17) is 0 Å². The van der Waals surface area contributed by atoms with E-state index in [9.17, 15) is 22.8 Å². The van der Waals surface area contributed by atoms with Crippen LogP contribution in [0.1, 0.15) is 27.0 Å². The third kappa shape index (κ3) is 7.10. The standard InChI is InChI=1S/C28H24F3N5O2/c29-28(30,31)21-11-6-12-22(16-21)35-26(37)23-13-4-5-14-24(23)33-18-20-10-7-15-32-25(20)36-27(38)34-17-19-8-2-1-3-9-19/h1-16,33H,17-18H2,(H,35,37)(H2,32,34,36,38). The molecular formula is C28H24F3N5O2. The molecule has 0 unspecified atom stereocenters. The van der Waals surface area contributed by atoms with Gasteiger partial charge in [-0.15, -0.1) is 0 Å². The Kier molecular flexibility index (Phi) is 8.22. The first kappa shape index (κ1) is 26.2. The maximum atomic E-state index is 13.0. The van der Waals surface area contributed by atoms with Crippen molar-refractivity contribution in [1.82, 2.24) is 10.3 Å². The van der Waals surface area contributed by atoms with E-state index in [-0.39, 0.29) is 17.8 Å². The molecule has 4 rings (SSSR count). The van der Waals surface area contributed by atoms with E-state index < -0.39 is 23.7 Å². The van der Waals surface area contributed by atoms with Gasteiger partial charge in [-0.1, -0.05) is 54.6 Å². The molecule has 4 aromatic rings. The highest BCUT2D eigenvalue weighted by Crippen LogP contribution is 2.31. The average molecular weight is 520 g/mol. The number of anilines is 3. The van der Waals surface area contributed by atoms with Crippen LogP contribution in [0.4, 0.5) is 35.2 Å². The van der Waals surface area contributed by atoms with Crippen LogP contribution in [0.15, 0.2) is 97.2 Å². The van der Waals surface area contributed by atoms with Gasteiger partial charge in [-0.25, -0.2) is 9.78 Å². The lowest BCUT2D eigenvalue weighted by molar-refractivity contribution is -0.137. The fraction of sp³-hybridized carbons (Fsp3) is 0.107. The molecule has 7 nitrogen and oxygen atoms in total. The normalized spacial score (nSPS) is 10.9. The summed E-state index contributed by atoms with van der Waals surface area (Å²) in [5.74, 6) is -0.228. The summed E-state index contributed by atoms with van der Waals surface area (Å²) >= 11 is 0. The number of urea groups is 1. The number of nitrogens with one attached hydrogen (secondary N) is 4. The highest BCUT2D eigenvalue weighted by Gasteiger charge is 2.30. The minimum absolute atomic E-state index is 0.0277. The van der Waals surface area contributed by atoms with E-state index in [1.165, 1.54) is 12.1 Å². The Labute approximate surface area is 217 Å². The van der Waals surface area contributed by atoms with E-state index in [0.29, 0.717) is 23.6 Å². The number of para-hydroxylation sites is 1. The molecule has 0 aliphatic heterocycles. The molecule has 0 aliphatic rings. The molecular weight excluding hydrogens is 495 g/mol. The van der Waals surface area contributed by atoms with Gasteiger partial charge in [0.15, 0.2) is 0 Å². The Morgan fingerprint density at radius 1 is 0.789 bits per heavy atom. The molecule has 0 fully saturated rings. The summed E-state index contributed by atoms with van der Waals surface area (Å²) < 4.78 is 39.1. The Hall–Kier alpha value is -4.86. The zero-order valence-electron chi connectivity index (χ0n) is 20.0. The molecule has 3 amide bonds. The zero-order chi connectivity index (χ0) is 27.0. The van der Waals surface area contributed by atoms with Gasteiger partial charge in [0.1, 0.15) is 5.82 Å². The lowest BCUT2D eigenvalue weighted by Gasteiger charge is -2.15. The van der Waals surface area contributed by atoms with Crippen molar-refractivity contribution in [2.75, 3.05) is 16.0 Å². The van der Waals surface area contributed by atoms with Crippen LogP contribution in [-0.2, 0) is 19.3 Å². The van der Waals surface area contributed by atoms with E-state index >= 15 is 0 Å². The van der Waals surface area contributed by atoms with Gasteiger partial charge in [0, 0.05) is 36.2 Å². The van der Waals surface area contributed by atoms with E-state index in [1.807, 2.05) is 30.3 Å². The van der Waals surface area contributed by atoms with Crippen LogP contribution in [0.3, 0.4) is 0 Å². The van der Waals surface area contributed by atoms with Gasteiger partial charge >= 0.3 is 12.2 Å². The predicted octanol–water partition coefficient (Wildman–Crippen LogP) is 6.29. The molecule has 194 valence electrons. The van der Waals surface area contributed by atoms with Gasteiger partial charge < -0.3 is 16.0 Å². The molecule has 0 spiro atoms. The minimum atomic E-state index is -4.52. The molecule has 0 radical (unpaired) electrons. The summed E-state index contributed by atoms with van der Waals surface area (Å²) in [4.78, 5) is 29.6. The van der Waals surface area contributed by atoms with Crippen molar-refractivity contribution in [3.63, 3.8) is 0 Å². The number of hydrogen-bond acceptors (Lipinski definition) is 4. The third-order valence-corrected chi connectivity index (χ3v) is 5.51. The van der Waals surface area contributed by atoms with Gasteiger partial charge in [-0.2, -0.15) is 13.2 Å². The first-order valence-corrected chi connectivity index (χ1v) is 11.6. The molecule has 0 atom stereocenters. The van der Waals surface area contributed by atoms with E-state index in [0.717, 1.165) is 17.7 Å². The van der Waals surface area contributed by atoms with Crippen LogP contribution in [0.25, 0.3) is 0 Å². The Morgan fingerprint density at radius 2 is 1.55 bits per heavy atom. The molecule has 10 heteroatoms. The van der Waals surface area contributed by atoms with Gasteiger partial charge in [-0.3, -0.25) is 10.1 Å². The summed E-state index contributed by atoms with van der Waals surface area (Å²) in [6.45, 7) is 0.567. The molecule has 38 heavy (non-hydrogen) atoms. The quantitative estimate of drug-likeness (QED) is 0.220. The monoisotopic (exact) mass is 519 g/mol. The van der Waals surface area contributed by atoms with Crippen LogP contribution in [0.2, 0.25) is 0 Å². The highest BCUT2D eigenvalue weighted by molar-refractivity contribution is 6.08. The second kappa shape index (κ2) is 11.9. The van der Waals surface area contributed by atoms with Crippen molar-refractivity contribution in [2.24, 2.45) is 0 Å². The number of carbonyl (C=O) groups is 2. The Bertz CT molecular complexity index is 1410. The maximum Gasteiger partial charge on any atom is 0.416 e. The third-order valence-electron chi connectivity index (χ3n) is 5.51. The van der Waals surface area contributed by atoms with Crippen molar-refractivity contribution >= 4 is 29.1 Å². The fourth-order valence-electron chi connectivity index (χ4n) is 3.62. The van der Waals surface area contributed by atoms with Gasteiger partial charge in [-0.05, 0) is 42.0 Å². The molecule has 1 heterocycles. The number of hydrogen-bond donors (Lipinski definition) is 4. The summed E-state index contributed by atoms with van der Waals surface area (Å²) in [6, 6.07) is 23.6. The fourth-order valence-corrected chi connectivity index (χ4v) is 3.62. The first-order valence-electron chi connectivity index (χ1n) is 11.6. The van der Waals surface area contributed by atoms with Crippen LogP contribution in [-0.4, -0.2) is 16.9 Å². The summed E-state index contributed by atoms with van der Waals surface area (Å²) in [5.41, 5.74) is 1.48. The maximum absolute atomic E-state index is 13.0. The minimum Gasteiger partial charge on any atom is -0.380 e. The van der Waals surface area contributed by atoms with Crippen LogP contribution < -0.4 is 21.3 Å². The lowest BCUT2D eigenvalue weighted by Crippen LogP contribution is -2.29. The first-order chi connectivity index (χ1) is 18.3.